The van der Waals surface area contributed by atoms with E-state index in [0.29, 0.717) is 4.75 Å². The maximum Gasteiger partial charge on any atom is 0.0409 e. The number of hydrogen-bond acceptors (Lipinski definition) is 2. The van der Waals surface area contributed by atoms with Gasteiger partial charge in [0.25, 0.3) is 0 Å². The summed E-state index contributed by atoms with van der Waals surface area (Å²) in [6.45, 7) is 5.63. The summed E-state index contributed by atoms with van der Waals surface area (Å²) < 4.78 is 0.311. The molecule has 0 radical (unpaired) electrons. The van der Waals surface area contributed by atoms with Crippen LogP contribution in [-0.4, -0.2) is 18.3 Å². The molecular formula is C14H22ClNS. The Labute approximate surface area is 114 Å². The number of rotatable bonds is 7. The van der Waals surface area contributed by atoms with Gasteiger partial charge in [-0.3, -0.25) is 0 Å². The van der Waals surface area contributed by atoms with Gasteiger partial charge in [0, 0.05) is 22.1 Å². The van der Waals surface area contributed by atoms with Crippen molar-refractivity contribution in [1.29, 1.82) is 0 Å². The molecule has 1 N–H and O–H groups in total. The highest BCUT2D eigenvalue weighted by molar-refractivity contribution is 7.99. The van der Waals surface area contributed by atoms with Crippen LogP contribution in [-0.2, 0) is 5.75 Å². The third kappa shape index (κ3) is 5.33. The molecule has 17 heavy (non-hydrogen) atoms. The summed E-state index contributed by atoms with van der Waals surface area (Å²) in [5.41, 5.74) is 1.31. The van der Waals surface area contributed by atoms with Crippen LogP contribution in [0.5, 0.6) is 0 Å². The lowest BCUT2D eigenvalue weighted by atomic mass is 10.1. The maximum absolute atomic E-state index is 6.00. The maximum atomic E-state index is 6.00. The van der Waals surface area contributed by atoms with Crippen LogP contribution >= 0.6 is 23.4 Å². The topological polar surface area (TPSA) is 12.0 Å². The molecule has 1 rings (SSSR count). The van der Waals surface area contributed by atoms with Gasteiger partial charge in [-0.1, -0.05) is 37.1 Å². The van der Waals surface area contributed by atoms with Gasteiger partial charge in [-0.05, 0) is 38.1 Å². The minimum absolute atomic E-state index is 0.311. The van der Waals surface area contributed by atoms with E-state index in [9.17, 15) is 0 Å². The molecule has 0 fully saturated rings. The fraction of sp³-hybridized carbons (Fsp3) is 0.571. The highest BCUT2D eigenvalue weighted by Gasteiger charge is 2.22. The SMILES string of the molecule is CCCC(C)(CNC)SCc1cccc(Cl)c1. The molecule has 0 aliphatic heterocycles. The van der Waals surface area contributed by atoms with Crippen molar-refractivity contribution in [2.24, 2.45) is 0 Å². The van der Waals surface area contributed by atoms with Crippen molar-refractivity contribution < 1.29 is 0 Å². The molecule has 0 aliphatic rings. The predicted molar refractivity (Wildman–Crippen MR) is 80.0 cm³/mol. The van der Waals surface area contributed by atoms with E-state index >= 15 is 0 Å². The van der Waals surface area contributed by atoms with Crippen molar-refractivity contribution in [2.45, 2.75) is 37.2 Å². The van der Waals surface area contributed by atoms with Gasteiger partial charge in [0.1, 0.15) is 0 Å². The second kappa shape index (κ2) is 7.30. The molecule has 0 amide bonds. The summed E-state index contributed by atoms with van der Waals surface area (Å²) in [5, 5.41) is 4.12. The summed E-state index contributed by atoms with van der Waals surface area (Å²) in [5.74, 6) is 1.03. The van der Waals surface area contributed by atoms with Crippen molar-refractivity contribution in [3.05, 3.63) is 34.9 Å². The van der Waals surface area contributed by atoms with Gasteiger partial charge in [-0.15, -0.1) is 11.8 Å². The monoisotopic (exact) mass is 271 g/mol. The molecule has 1 nitrogen and oxygen atoms in total. The van der Waals surface area contributed by atoms with Crippen LogP contribution in [0.15, 0.2) is 24.3 Å². The van der Waals surface area contributed by atoms with E-state index in [0.717, 1.165) is 17.3 Å². The standard InChI is InChI=1S/C14H22ClNS/c1-4-8-14(2,11-16-3)17-10-12-6-5-7-13(15)9-12/h5-7,9,16H,4,8,10-11H2,1-3H3. The second-order valence-corrected chi connectivity index (χ2v) is 6.65. The van der Waals surface area contributed by atoms with Crippen LogP contribution in [0.3, 0.4) is 0 Å². The Balaban J connectivity index is 2.57. The summed E-state index contributed by atoms with van der Waals surface area (Å²) >= 11 is 8.01. The Hall–Kier alpha value is -0.180. The molecule has 0 saturated heterocycles. The first-order valence-corrected chi connectivity index (χ1v) is 7.49. The fourth-order valence-corrected chi connectivity index (χ4v) is 3.50. The van der Waals surface area contributed by atoms with Crippen LogP contribution in [0.25, 0.3) is 0 Å². The van der Waals surface area contributed by atoms with Crippen LogP contribution in [0.1, 0.15) is 32.3 Å². The first-order valence-electron chi connectivity index (χ1n) is 6.12. The van der Waals surface area contributed by atoms with E-state index in [2.05, 4.69) is 31.3 Å². The Bertz CT molecular complexity index is 335. The van der Waals surface area contributed by atoms with Gasteiger partial charge in [-0.25, -0.2) is 0 Å². The first kappa shape index (κ1) is 14.9. The highest BCUT2D eigenvalue weighted by Crippen LogP contribution is 2.32. The van der Waals surface area contributed by atoms with Crippen molar-refractivity contribution >= 4 is 23.4 Å². The Morgan fingerprint density at radius 3 is 2.76 bits per heavy atom. The van der Waals surface area contributed by atoms with Crippen molar-refractivity contribution in [3.63, 3.8) is 0 Å². The first-order chi connectivity index (χ1) is 8.09. The third-order valence-corrected chi connectivity index (χ3v) is 4.56. The molecule has 1 unspecified atom stereocenters. The second-order valence-electron chi connectivity index (χ2n) is 4.65. The average Bonchev–Trinajstić information content (AvgIpc) is 2.27. The van der Waals surface area contributed by atoms with E-state index in [4.69, 9.17) is 11.6 Å². The molecule has 0 spiro atoms. The number of halogens is 1. The van der Waals surface area contributed by atoms with Gasteiger partial charge >= 0.3 is 0 Å². The quantitative estimate of drug-likeness (QED) is 0.791. The van der Waals surface area contributed by atoms with Gasteiger partial charge in [-0.2, -0.15) is 0 Å². The fourth-order valence-electron chi connectivity index (χ4n) is 2.00. The normalized spacial score (nSPS) is 14.6. The molecule has 0 aromatic heterocycles. The molecule has 1 atom stereocenters. The zero-order valence-electron chi connectivity index (χ0n) is 10.9. The lowest BCUT2D eigenvalue weighted by Crippen LogP contribution is -2.33. The number of hydrogen-bond donors (Lipinski definition) is 1. The number of thioether (sulfide) groups is 1. The third-order valence-electron chi connectivity index (χ3n) is 2.81. The van der Waals surface area contributed by atoms with Gasteiger partial charge < -0.3 is 5.32 Å². The zero-order valence-corrected chi connectivity index (χ0v) is 12.5. The molecule has 1 aromatic carbocycles. The summed E-state index contributed by atoms with van der Waals surface area (Å²) in [6.07, 6.45) is 2.46. The van der Waals surface area contributed by atoms with Crippen LogP contribution < -0.4 is 5.32 Å². The molecule has 96 valence electrons. The van der Waals surface area contributed by atoms with Crippen LogP contribution in [0.4, 0.5) is 0 Å². The molecule has 0 aliphatic carbocycles. The van der Waals surface area contributed by atoms with Crippen molar-refractivity contribution in [2.75, 3.05) is 13.6 Å². The highest BCUT2D eigenvalue weighted by atomic mass is 35.5. The minimum atomic E-state index is 0.311. The molecule has 1 aromatic rings. The van der Waals surface area contributed by atoms with E-state index < -0.39 is 0 Å². The van der Waals surface area contributed by atoms with E-state index in [1.807, 2.05) is 30.9 Å². The largest absolute Gasteiger partial charge is 0.318 e. The van der Waals surface area contributed by atoms with Gasteiger partial charge in [0.2, 0.25) is 0 Å². The van der Waals surface area contributed by atoms with Gasteiger partial charge in [0.05, 0.1) is 0 Å². The average molecular weight is 272 g/mol. The Kier molecular flexibility index (Phi) is 6.39. The smallest absolute Gasteiger partial charge is 0.0409 e. The molecular weight excluding hydrogens is 250 g/mol. The minimum Gasteiger partial charge on any atom is -0.318 e. The lowest BCUT2D eigenvalue weighted by Gasteiger charge is -2.28. The van der Waals surface area contributed by atoms with E-state index in [-0.39, 0.29) is 0 Å². The van der Waals surface area contributed by atoms with Crippen LogP contribution in [0.2, 0.25) is 5.02 Å². The lowest BCUT2D eigenvalue weighted by molar-refractivity contribution is 0.544. The molecule has 0 bridgehead atoms. The van der Waals surface area contributed by atoms with Crippen LogP contribution in [0, 0.1) is 0 Å². The molecule has 3 heteroatoms. The summed E-state index contributed by atoms with van der Waals surface area (Å²) in [6, 6.07) is 8.15. The number of benzene rings is 1. The zero-order chi connectivity index (χ0) is 12.7. The summed E-state index contributed by atoms with van der Waals surface area (Å²) in [4.78, 5) is 0. The molecule has 0 heterocycles. The predicted octanol–water partition coefficient (Wildman–Crippen LogP) is 4.35. The Morgan fingerprint density at radius 2 is 2.18 bits per heavy atom. The molecule has 0 saturated carbocycles. The van der Waals surface area contributed by atoms with Crippen molar-refractivity contribution in [1.82, 2.24) is 5.32 Å². The van der Waals surface area contributed by atoms with E-state index in [1.165, 1.54) is 18.4 Å². The van der Waals surface area contributed by atoms with Gasteiger partial charge in [0.15, 0.2) is 0 Å². The Morgan fingerprint density at radius 1 is 1.41 bits per heavy atom. The number of nitrogens with one attached hydrogen (secondary N) is 1. The van der Waals surface area contributed by atoms with E-state index in [1.54, 1.807) is 0 Å². The van der Waals surface area contributed by atoms with Crippen molar-refractivity contribution in [3.8, 4) is 0 Å². The summed E-state index contributed by atoms with van der Waals surface area (Å²) in [7, 11) is 2.02.